The molecule has 0 amide bonds. The van der Waals surface area contributed by atoms with Gasteiger partial charge in [-0.2, -0.15) is 0 Å². The Balaban J connectivity index is 1.68. The average Bonchev–Trinajstić information content (AvgIpc) is 2.54. The van der Waals surface area contributed by atoms with Crippen molar-refractivity contribution in [1.29, 1.82) is 0 Å². The largest absolute Gasteiger partial charge is 0.378 e. The molecule has 0 saturated carbocycles. The fourth-order valence-electron chi connectivity index (χ4n) is 2.01. The topological polar surface area (TPSA) is 37.8 Å². The maximum Gasteiger partial charge on any atom is 0.159 e. The predicted molar refractivity (Wildman–Crippen MR) is 88.9 cm³/mol. The van der Waals surface area contributed by atoms with Crippen LogP contribution in [-0.4, -0.2) is 9.97 Å². The molecule has 3 aromatic rings. The van der Waals surface area contributed by atoms with Gasteiger partial charge in [0.2, 0.25) is 0 Å². The molecule has 0 aliphatic carbocycles. The number of nitrogens with one attached hydrogen (secondary N) is 1. The van der Waals surface area contributed by atoms with Crippen LogP contribution in [-0.2, 0) is 6.54 Å². The molecule has 21 heavy (non-hydrogen) atoms. The van der Waals surface area contributed by atoms with E-state index in [1.807, 2.05) is 54.9 Å². The van der Waals surface area contributed by atoms with Crippen molar-refractivity contribution in [2.75, 3.05) is 5.32 Å². The molecule has 3 nitrogen and oxygen atoms in total. The molecule has 104 valence electrons. The van der Waals surface area contributed by atoms with Gasteiger partial charge in [-0.1, -0.05) is 58.4 Å². The van der Waals surface area contributed by atoms with Crippen LogP contribution in [0.4, 0.5) is 5.69 Å². The van der Waals surface area contributed by atoms with E-state index in [2.05, 4.69) is 43.3 Å². The minimum Gasteiger partial charge on any atom is -0.378 e. The highest BCUT2D eigenvalue weighted by molar-refractivity contribution is 9.10. The number of nitrogens with zero attached hydrogens (tertiary/aromatic N) is 2. The van der Waals surface area contributed by atoms with Crippen molar-refractivity contribution in [2.45, 2.75) is 6.54 Å². The van der Waals surface area contributed by atoms with Gasteiger partial charge in [0.05, 0.1) is 18.1 Å². The molecular weight excluding hydrogens is 326 g/mol. The number of aromatic nitrogens is 2. The quantitative estimate of drug-likeness (QED) is 0.759. The maximum absolute atomic E-state index is 4.40. The zero-order valence-corrected chi connectivity index (χ0v) is 12.9. The minimum absolute atomic E-state index is 0.739. The predicted octanol–water partition coefficient (Wildman–Crippen LogP) is 4.52. The zero-order valence-electron chi connectivity index (χ0n) is 11.3. The summed E-state index contributed by atoms with van der Waals surface area (Å²) >= 11 is 3.47. The summed E-state index contributed by atoms with van der Waals surface area (Å²) in [6, 6.07) is 18.2. The number of hydrogen-bond donors (Lipinski definition) is 1. The first-order valence-electron chi connectivity index (χ1n) is 6.67. The van der Waals surface area contributed by atoms with Gasteiger partial charge in [0, 0.05) is 16.6 Å². The molecule has 3 rings (SSSR count). The second-order valence-electron chi connectivity index (χ2n) is 4.64. The summed E-state index contributed by atoms with van der Waals surface area (Å²) in [6.45, 7) is 0.744. The molecule has 1 heterocycles. The van der Waals surface area contributed by atoms with Crippen LogP contribution in [0.1, 0.15) is 5.56 Å². The SMILES string of the molecule is Brc1cccc(CNc2cnc(-c3ccccc3)nc2)c1. The van der Waals surface area contributed by atoms with Gasteiger partial charge < -0.3 is 5.32 Å². The standard InChI is InChI=1S/C17H14BrN3/c18-15-8-4-5-13(9-15)10-19-16-11-20-17(21-12-16)14-6-2-1-3-7-14/h1-9,11-12,19H,10H2. The minimum atomic E-state index is 0.739. The van der Waals surface area contributed by atoms with Crippen molar-refractivity contribution in [2.24, 2.45) is 0 Å². The van der Waals surface area contributed by atoms with E-state index >= 15 is 0 Å². The number of rotatable bonds is 4. The zero-order chi connectivity index (χ0) is 14.5. The van der Waals surface area contributed by atoms with Crippen molar-refractivity contribution in [3.8, 4) is 11.4 Å². The molecule has 1 N–H and O–H groups in total. The molecule has 0 aliphatic heterocycles. The van der Waals surface area contributed by atoms with Crippen LogP contribution in [0.2, 0.25) is 0 Å². The number of anilines is 1. The van der Waals surface area contributed by atoms with Gasteiger partial charge in [-0.05, 0) is 17.7 Å². The summed E-state index contributed by atoms with van der Waals surface area (Å²) < 4.78 is 1.08. The fourth-order valence-corrected chi connectivity index (χ4v) is 2.45. The lowest BCUT2D eigenvalue weighted by Gasteiger charge is -2.07. The Morgan fingerprint density at radius 1 is 0.905 bits per heavy atom. The Morgan fingerprint density at radius 2 is 1.67 bits per heavy atom. The van der Waals surface area contributed by atoms with Crippen LogP contribution in [0.5, 0.6) is 0 Å². The van der Waals surface area contributed by atoms with Gasteiger partial charge in [0.1, 0.15) is 0 Å². The summed E-state index contributed by atoms with van der Waals surface area (Å²) in [5.74, 6) is 0.739. The van der Waals surface area contributed by atoms with E-state index in [-0.39, 0.29) is 0 Å². The van der Waals surface area contributed by atoms with E-state index in [1.54, 1.807) is 0 Å². The fraction of sp³-hybridized carbons (Fsp3) is 0.0588. The smallest absolute Gasteiger partial charge is 0.159 e. The van der Waals surface area contributed by atoms with Crippen molar-refractivity contribution in [3.63, 3.8) is 0 Å². The molecule has 0 atom stereocenters. The van der Waals surface area contributed by atoms with Gasteiger partial charge in [0.15, 0.2) is 5.82 Å². The summed E-state index contributed by atoms with van der Waals surface area (Å²) in [5.41, 5.74) is 3.14. The highest BCUT2D eigenvalue weighted by atomic mass is 79.9. The molecular formula is C17H14BrN3. The number of benzene rings is 2. The number of halogens is 1. The molecule has 0 saturated heterocycles. The molecule has 0 aliphatic rings. The van der Waals surface area contributed by atoms with E-state index in [0.717, 1.165) is 28.1 Å². The maximum atomic E-state index is 4.40. The van der Waals surface area contributed by atoms with Gasteiger partial charge in [-0.15, -0.1) is 0 Å². The molecule has 2 aromatic carbocycles. The van der Waals surface area contributed by atoms with Crippen molar-refractivity contribution < 1.29 is 0 Å². The average molecular weight is 340 g/mol. The Labute approximate surface area is 132 Å². The molecule has 0 fully saturated rings. The molecule has 4 heteroatoms. The highest BCUT2D eigenvalue weighted by Gasteiger charge is 2.00. The number of hydrogen-bond acceptors (Lipinski definition) is 3. The Bertz CT molecular complexity index is 712. The summed E-state index contributed by atoms with van der Waals surface area (Å²) in [4.78, 5) is 8.79. The highest BCUT2D eigenvalue weighted by Crippen LogP contribution is 2.16. The third-order valence-corrected chi connectivity index (χ3v) is 3.56. The van der Waals surface area contributed by atoms with E-state index in [4.69, 9.17) is 0 Å². The summed E-state index contributed by atoms with van der Waals surface area (Å²) in [5, 5.41) is 3.32. The van der Waals surface area contributed by atoms with Crippen LogP contribution < -0.4 is 5.32 Å². The van der Waals surface area contributed by atoms with Crippen molar-refractivity contribution in [3.05, 3.63) is 77.0 Å². The second kappa shape index (κ2) is 6.50. The molecule has 1 aromatic heterocycles. The second-order valence-corrected chi connectivity index (χ2v) is 5.56. The molecule has 0 bridgehead atoms. The monoisotopic (exact) mass is 339 g/mol. The molecule has 0 spiro atoms. The lowest BCUT2D eigenvalue weighted by atomic mass is 10.2. The van der Waals surface area contributed by atoms with Crippen molar-refractivity contribution in [1.82, 2.24) is 9.97 Å². The van der Waals surface area contributed by atoms with Crippen LogP contribution in [0, 0.1) is 0 Å². The van der Waals surface area contributed by atoms with Crippen LogP contribution >= 0.6 is 15.9 Å². The van der Waals surface area contributed by atoms with Gasteiger partial charge in [-0.25, -0.2) is 9.97 Å². The van der Waals surface area contributed by atoms with E-state index in [0.29, 0.717) is 0 Å². The van der Waals surface area contributed by atoms with E-state index in [1.165, 1.54) is 5.56 Å². The third-order valence-electron chi connectivity index (χ3n) is 3.07. The molecule has 0 radical (unpaired) electrons. The van der Waals surface area contributed by atoms with Gasteiger partial charge >= 0.3 is 0 Å². The van der Waals surface area contributed by atoms with E-state index in [9.17, 15) is 0 Å². The van der Waals surface area contributed by atoms with Crippen LogP contribution in [0.3, 0.4) is 0 Å². The normalized spacial score (nSPS) is 10.3. The van der Waals surface area contributed by atoms with Crippen LogP contribution in [0.15, 0.2) is 71.5 Å². The lowest BCUT2D eigenvalue weighted by molar-refractivity contribution is 1.10. The first-order chi connectivity index (χ1) is 10.3. The first kappa shape index (κ1) is 13.8. The first-order valence-corrected chi connectivity index (χ1v) is 7.46. The Kier molecular flexibility index (Phi) is 4.26. The Morgan fingerprint density at radius 3 is 2.38 bits per heavy atom. The van der Waals surface area contributed by atoms with Gasteiger partial charge in [-0.3, -0.25) is 0 Å². The summed E-state index contributed by atoms with van der Waals surface area (Å²) in [6.07, 6.45) is 3.63. The van der Waals surface area contributed by atoms with Gasteiger partial charge in [0.25, 0.3) is 0 Å². The Hall–Kier alpha value is -2.20. The van der Waals surface area contributed by atoms with Crippen molar-refractivity contribution >= 4 is 21.6 Å². The molecule has 0 unspecified atom stereocenters. The lowest BCUT2D eigenvalue weighted by Crippen LogP contribution is -2.01. The van der Waals surface area contributed by atoms with E-state index < -0.39 is 0 Å². The third kappa shape index (κ3) is 3.67. The van der Waals surface area contributed by atoms with Crippen LogP contribution in [0.25, 0.3) is 11.4 Å². The summed E-state index contributed by atoms with van der Waals surface area (Å²) in [7, 11) is 0.